The number of unbranched alkanes of at least 4 members (excludes halogenated alkanes) is 2. The molecular weight excluding hydrogens is 416 g/mol. The van der Waals surface area contributed by atoms with Crippen LogP contribution in [-0.2, 0) is 14.4 Å². The lowest BCUT2D eigenvalue weighted by molar-refractivity contribution is -0.161. The van der Waals surface area contributed by atoms with Crippen LogP contribution in [0.5, 0.6) is 0 Å². The number of aliphatic carboxylic acids is 1. The summed E-state index contributed by atoms with van der Waals surface area (Å²) >= 11 is 0. The summed E-state index contributed by atoms with van der Waals surface area (Å²) in [5.41, 5.74) is 0.107. The molecule has 0 radical (unpaired) electrons. The molecule has 0 aromatic rings. The zero-order valence-corrected chi connectivity index (χ0v) is 21.3. The van der Waals surface area contributed by atoms with E-state index in [4.69, 9.17) is 5.11 Å². The zero-order valence-electron chi connectivity index (χ0n) is 21.3. The Morgan fingerprint density at radius 1 is 1.09 bits per heavy atom. The lowest BCUT2D eigenvalue weighted by Gasteiger charge is -2.60. The zero-order chi connectivity index (χ0) is 24.6. The second-order valence-electron chi connectivity index (χ2n) is 11.8. The highest BCUT2D eigenvalue weighted by atomic mass is 16.4. The van der Waals surface area contributed by atoms with Gasteiger partial charge in [-0.1, -0.05) is 46.1 Å². The van der Waals surface area contributed by atoms with E-state index in [0.717, 1.165) is 51.4 Å². The third-order valence-corrected chi connectivity index (χ3v) is 10.0. The third-order valence-electron chi connectivity index (χ3n) is 10.0. The van der Waals surface area contributed by atoms with Gasteiger partial charge in [0.15, 0.2) is 11.6 Å². The minimum Gasteiger partial charge on any atom is -0.481 e. The first-order valence-corrected chi connectivity index (χ1v) is 13.1. The van der Waals surface area contributed by atoms with Gasteiger partial charge in [0.2, 0.25) is 0 Å². The minimum atomic E-state index is -1.13. The molecule has 186 valence electrons. The molecular formula is C28H44O5. The average Bonchev–Trinajstić information content (AvgIpc) is 3.02. The van der Waals surface area contributed by atoms with E-state index < -0.39 is 11.6 Å². The predicted octanol–water partition coefficient (Wildman–Crippen LogP) is 5.74. The average molecular weight is 461 g/mol. The van der Waals surface area contributed by atoms with Crippen molar-refractivity contribution < 1.29 is 24.6 Å². The van der Waals surface area contributed by atoms with E-state index in [2.05, 4.69) is 27.7 Å². The number of aliphatic hydroxyl groups is 1. The van der Waals surface area contributed by atoms with Crippen molar-refractivity contribution in [2.24, 2.45) is 34.5 Å². The molecule has 5 nitrogen and oxygen atoms in total. The molecule has 0 aliphatic heterocycles. The molecule has 33 heavy (non-hydrogen) atoms. The fourth-order valence-corrected chi connectivity index (χ4v) is 8.11. The van der Waals surface area contributed by atoms with E-state index in [0.29, 0.717) is 48.7 Å². The van der Waals surface area contributed by atoms with E-state index in [1.54, 1.807) is 6.92 Å². The Hall–Kier alpha value is -1.49. The largest absolute Gasteiger partial charge is 0.481 e. The summed E-state index contributed by atoms with van der Waals surface area (Å²) in [5.74, 6) is 1.59. The summed E-state index contributed by atoms with van der Waals surface area (Å²) in [6.45, 7) is 10.5. The van der Waals surface area contributed by atoms with Crippen LogP contribution in [0.1, 0.15) is 105 Å². The molecule has 3 fully saturated rings. The first kappa shape index (κ1) is 26.1. The lowest BCUT2D eigenvalue weighted by atomic mass is 9.45. The van der Waals surface area contributed by atoms with Crippen LogP contribution in [0.25, 0.3) is 0 Å². The van der Waals surface area contributed by atoms with Crippen LogP contribution in [0, 0.1) is 34.5 Å². The van der Waals surface area contributed by atoms with Crippen LogP contribution in [0.4, 0.5) is 0 Å². The molecule has 0 amide bonds. The first-order chi connectivity index (χ1) is 15.4. The topological polar surface area (TPSA) is 91.7 Å². The van der Waals surface area contributed by atoms with E-state index in [-0.39, 0.29) is 16.6 Å². The molecule has 0 spiro atoms. The maximum absolute atomic E-state index is 12.3. The molecule has 7 atom stereocenters. The van der Waals surface area contributed by atoms with Gasteiger partial charge in [-0.3, -0.25) is 14.4 Å². The smallest absolute Gasteiger partial charge is 0.303 e. The molecule has 4 rings (SSSR count). The Bertz CT molecular complexity index is 815. The van der Waals surface area contributed by atoms with Crippen molar-refractivity contribution in [3.05, 3.63) is 11.6 Å². The molecule has 5 heteroatoms. The number of ketones is 2. The van der Waals surface area contributed by atoms with E-state index in [9.17, 15) is 19.5 Å². The van der Waals surface area contributed by atoms with E-state index >= 15 is 0 Å². The molecule has 0 saturated heterocycles. The van der Waals surface area contributed by atoms with Crippen molar-refractivity contribution in [1.82, 2.24) is 0 Å². The summed E-state index contributed by atoms with van der Waals surface area (Å²) in [4.78, 5) is 34.2. The van der Waals surface area contributed by atoms with Crippen LogP contribution >= 0.6 is 0 Å². The first-order valence-electron chi connectivity index (χ1n) is 13.1. The van der Waals surface area contributed by atoms with Gasteiger partial charge in [-0.25, -0.2) is 0 Å². The third kappa shape index (κ3) is 4.47. The molecule has 4 aliphatic rings. The van der Waals surface area contributed by atoms with Gasteiger partial charge in [0.25, 0.3) is 0 Å². The van der Waals surface area contributed by atoms with Crippen LogP contribution in [0.3, 0.4) is 0 Å². The van der Waals surface area contributed by atoms with Crippen molar-refractivity contribution in [2.45, 2.75) is 111 Å². The maximum Gasteiger partial charge on any atom is 0.303 e. The van der Waals surface area contributed by atoms with Crippen molar-refractivity contribution in [1.29, 1.82) is 0 Å². The minimum absolute atomic E-state index is 0.0464. The van der Waals surface area contributed by atoms with Gasteiger partial charge < -0.3 is 10.2 Å². The Balaban J connectivity index is 0.000000331. The number of rotatable bonds is 5. The summed E-state index contributed by atoms with van der Waals surface area (Å²) < 4.78 is 0. The predicted molar refractivity (Wildman–Crippen MR) is 129 cm³/mol. The van der Waals surface area contributed by atoms with Crippen molar-refractivity contribution >= 4 is 17.5 Å². The summed E-state index contributed by atoms with van der Waals surface area (Å²) in [5, 5.41) is 19.3. The van der Waals surface area contributed by atoms with Crippen LogP contribution in [0.15, 0.2) is 11.6 Å². The molecule has 0 aromatic carbocycles. The molecule has 2 N–H and O–H groups in total. The highest BCUT2D eigenvalue weighted by Crippen LogP contribution is 2.68. The molecule has 0 unspecified atom stereocenters. The SMILES string of the molecule is CC(=O)[C@@]1(O)CC[C@H]2[C@@H]3C[C@H](C)C4=CC(=O)CC[C@]4(C)[C@H]3CC[C@@]21C.CCCCCC(=O)O. The Labute approximate surface area is 199 Å². The van der Waals surface area contributed by atoms with Crippen LogP contribution < -0.4 is 0 Å². The molecule has 0 aromatic heterocycles. The highest BCUT2D eigenvalue weighted by Gasteiger charge is 2.66. The Kier molecular flexibility index (Phi) is 7.63. The summed E-state index contributed by atoms with van der Waals surface area (Å²) in [6.07, 6.45) is 11.6. The number of Topliss-reactive ketones (excluding diaryl/α,β-unsaturated/α-hetero) is 1. The van der Waals surface area contributed by atoms with Gasteiger partial charge in [0.05, 0.1) is 0 Å². The monoisotopic (exact) mass is 460 g/mol. The van der Waals surface area contributed by atoms with Crippen LogP contribution in [-0.4, -0.2) is 33.3 Å². The summed E-state index contributed by atoms with van der Waals surface area (Å²) in [6, 6.07) is 0. The Morgan fingerprint density at radius 2 is 1.76 bits per heavy atom. The molecule has 3 saturated carbocycles. The maximum atomic E-state index is 12.3. The fraction of sp³-hybridized carbons (Fsp3) is 0.821. The van der Waals surface area contributed by atoms with Gasteiger partial charge >= 0.3 is 5.97 Å². The van der Waals surface area contributed by atoms with E-state index in [1.807, 2.05) is 6.08 Å². The number of carbonyl (C=O) groups is 3. The molecule has 4 aliphatic carbocycles. The number of hydrogen-bond acceptors (Lipinski definition) is 4. The number of carboxylic acids is 1. The lowest BCUT2D eigenvalue weighted by Crippen LogP contribution is -2.57. The molecule has 0 heterocycles. The number of carboxylic acid groups (broad SMARTS) is 1. The second kappa shape index (κ2) is 9.64. The second-order valence-corrected chi connectivity index (χ2v) is 11.8. The van der Waals surface area contributed by atoms with Gasteiger partial charge in [0, 0.05) is 18.3 Å². The van der Waals surface area contributed by atoms with Gasteiger partial charge in [0.1, 0.15) is 5.60 Å². The number of carbonyl (C=O) groups excluding carboxylic acids is 2. The Morgan fingerprint density at radius 3 is 2.36 bits per heavy atom. The van der Waals surface area contributed by atoms with Gasteiger partial charge in [-0.2, -0.15) is 0 Å². The number of fused-ring (bicyclic) bond motifs is 5. The van der Waals surface area contributed by atoms with Gasteiger partial charge in [-0.15, -0.1) is 0 Å². The van der Waals surface area contributed by atoms with E-state index in [1.165, 1.54) is 5.57 Å². The van der Waals surface area contributed by atoms with Crippen LogP contribution in [0.2, 0.25) is 0 Å². The van der Waals surface area contributed by atoms with Crippen molar-refractivity contribution in [3.63, 3.8) is 0 Å². The standard InChI is InChI=1S/C22H32O3.C6H12O2/c1-13-11-16-17(20(3)8-5-15(24)12-19(13)20)6-9-21(4)18(16)7-10-22(21,25)14(2)23;1-2-3-4-5-6(7)8/h12-13,16-18,25H,5-11H2,1-4H3;2-5H2,1H3,(H,7,8)/t13-,16+,17-,18-,20+,21-,22-;/m0./s1. The normalized spacial score (nSPS) is 41.6. The fourth-order valence-electron chi connectivity index (χ4n) is 8.11. The quantitative estimate of drug-likeness (QED) is 0.511. The number of allylic oxidation sites excluding steroid dienone is 1. The van der Waals surface area contributed by atoms with Gasteiger partial charge in [-0.05, 0) is 87.0 Å². The highest BCUT2D eigenvalue weighted by molar-refractivity contribution is 5.91. The van der Waals surface area contributed by atoms with Crippen molar-refractivity contribution in [3.8, 4) is 0 Å². The summed E-state index contributed by atoms with van der Waals surface area (Å²) in [7, 11) is 0. The molecule has 0 bridgehead atoms. The number of hydrogen-bond donors (Lipinski definition) is 2. The van der Waals surface area contributed by atoms with Crippen molar-refractivity contribution in [2.75, 3.05) is 0 Å².